The smallest absolute Gasteiger partial charge is 0.338 e. The first-order valence-corrected chi connectivity index (χ1v) is 7.81. The maximum Gasteiger partial charge on any atom is 0.338 e. The minimum atomic E-state index is -0.351. The molecule has 1 aromatic rings. The molecule has 120 valence electrons. The molecule has 1 saturated heterocycles. The molecule has 0 radical (unpaired) electrons. The molecule has 1 aliphatic rings. The topological polar surface area (TPSA) is 71.5 Å². The average Bonchev–Trinajstić information content (AvgIpc) is 2.56. The summed E-state index contributed by atoms with van der Waals surface area (Å²) >= 11 is 0. The van der Waals surface area contributed by atoms with Gasteiger partial charge in [-0.2, -0.15) is 0 Å². The van der Waals surface area contributed by atoms with E-state index in [1.807, 2.05) is 4.90 Å². The van der Waals surface area contributed by atoms with E-state index in [0.717, 1.165) is 31.6 Å². The minimum absolute atomic E-state index is 0.126. The Hall–Kier alpha value is -1.95. The molecule has 22 heavy (non-hydrogen) atoms. The van der Waals surface area contributed by atoms with Gasteiger partial charge in [-0.1, -0.05) is 0 Å². The second kappa shape index (κ2) is 8.48. The first-order chi connectivity index (χ1) is 10.7. The molecule has 1 fully saturated rings. The molecular weight excluding hydrogens is 282 g/mol. The van der Waals surface area contributed by atoms with Crippen molar-refractivity contribution in [3.8, 4) is 0 Å². The van der Waals surface area contributed by atoms with Gasteiger partial charge in [0.05, 0.1) is 24.4 Å². The van der Waals surface area contributed by atoms with E-state index in [-0.39, 0.29) is 11.9 Å². The molecule has 0 bridgehead atoms. The summed E-state index contributed by atoms with van der Waals surface area (Å²) in [5.74, 6) is -0.225. The third-order valence-electron chi connectivity index (χ3n) is 3.62. The summed E-state index contributed by atoms with van der Waals surface area (Å²) in [7, 11) is 0. The van der Waals surface area contributed by atoms with Crippen molar-refractivity contribution >= 4 is 11.9 Å². The number of piperidine rings is 1. The Kier molecular flexibility index (Phi) is 6.33. The zero-order valence-corrected chi connectivity index (χ0v) is 13.0. The van der Waals surface area contributed by atoms with Crippen LogP contribution < -0.4 is 5.32 Å². The van der Waals surface area contributed by atoms with Crippen molar-refractivity contribution in [3.63, 3.8) is 0 Å². The molecule has 0 atom stereocenters. The normalized spacial score (nSPS) is 14.7. The quantitative estimate of drug-likeness (QED) is 0.804. The fourth-order valence-electron chi connectivity index (χ4n) is 2.47. The molecule has 1 N–H and O–H groups in total. The number of pyridine rings is 1. The largest absolute Gasteiger partial charge is 0.462 e. The number of likely N-dealkylation sites (tertiary alicyclic amines) is 1. The standard InChI is InChI=1S/C16H23N3O3/c1-2-22-16(21)13-6-7-18-14(10-13)11-17-12-15(20)19-8-4-3-5-9-19/h6-7,10,17H,2-5,8-9,11-12H2,1H3. The molecule has 6 nitrogen and oxygen atoms in total. The third kappa shape index (κ3) is 4.80. The van der Waals surface area contributed by atoms with E-state index >= 15 is 0 Å². The molecule has 0 unspecified atom stereocenters. The van der Waals surface area contributed by atoms with Gasteiger partial charge in [-0.05, 0) is 38.3 Å². The van der Waals surface area contributed by atoms with Crippen molar-refractivity contribution in [2.45, 2.75) is 32.7 Å². The van der Waals surface area contributed by atoms with Crippen LogP contribution in [0.2, 0.25) is 0 Å². The Morgan fingerprint density at radius 1 is 1.32 bits per heavy atom. The van der Waals surface area contributed by atoms with Crippen molar-refractivity contribution in [1.82, 2.24) is 15.2 Å². The van der Waals surface area contributed by atoms with Crippen LogP contribution in [0.1, 0.15) is 42.2 Å². The van der Waals surface area contributed by atoms with Crippen LogP contribution in [0.15, 0.2) is 18.3 Å². The van der Waals surface area contributed by atoms with Crippen LogP contribution in [0.4, 0.5) is 0 Å². The van der Waals surface area contributed by atoms with E-state index in [1.165, 1.54) is 6.42 Å². The number of nitrogens with one attached hydrogen (secondary N) is 1. The number of amides is 1. The van der Waals surface area contributed by atoms with Gasteiger partial charge < -0.3 is 15.0 Å². The summed E-state index contributed by atoms with van der Waals surface area (Å²) in [6.07, 6.45) is 4.97. The molecule has 1 aromatic heterocycles. The molecule has 2 heterocycles. The van der Waals surface area contributed by atoms with E-state index in [4.69, 9.17) is 4.74 Å². The third-order valence-corrected chi connectivity index (χ3v) is 3.62. The van der Waals surface area contributed by atoms with Crippen LogP contribution in [-0.2, 0) is 16.1 Å². The molecule has 6 heteroatoms. The lowest BCUT2D eigenvalue weighted by Crippen LogP contribution is -2.41. The second-order valence-corrected chi connectivity index (χ2v) is 5.30. The summed E-state index contributed by atoms with van der Waals surface area (Å²) < 4.78 is 4.96. The SMILES string of the molecule is CCOC(=O)c1ccnc(CNCC(=O)N2CCCCC2)c1. The fourth-order valence-corrected chi connectivity index (χ4v) is 2.47. The Morgan fingerprint density at radius 3 is 2.82 bits per heavy atom. The molecule has 2 rings (SSSR count). The van der Waals surface area contributed by atoms with Crippen molar-refractivity contribution in [2.24, 2.45) is 0 Å². The number of ether oxygens (including phenoxy) is 1. The van der Waals surface area contributed by atoms with E-state index < -0.39 is 0 Å². The highest BCUT2D eigenvalue weighted by Gasteiger charge is 2.15. The Balaban J connectivity index is 1.80. The zero-order valence-electron chi connectivity index (χ0n) is 13.0. The highest BCUT2D eigenvalue weighted by atomic mass is 16.5. The number of hydrogen-bond donors (Lipinski definition) is 1. The lowest BCUT2D eigenvalue weighted by molar-refractivity contribution is -0.131. The molecule has 1 aliphatic heterocycles. The van der Waals surface area contributed by atoms with Crippen LogP contribution in [0.3, 0.4) is 0 Å². The fraction of sp³-hybridized carbons (Fsp3) is 0.562. The molecule has 0 aromatic carbocycles. The van der Waals surface area contributed by atoms with Gasteiger partial charge in [0.25, 0.3) is 0 Å². The summed E-state index contributed by atoms with van der Waals surface area (Å²) in [6, 6.07) is 3.32. The number of hydrogen-bond acceptors (Lipinski definition) is 5. The molecule has 0 spiro atoms. The van der Waals surface area contributed by atoms with Crippen molar-refractivity contribution in [1.29, 1.82) is 0 Å². The van der Waals surface area contributed by atoms with Gasteiger partial charge >= 0.3 is 5.97 Å². The van der Waals surface area contributed by atoms with Crippen molar-refractivity contribution in [3.05, 3.63) is 29.6 Å². The van der Waals surface area contributed by atoms with Gasteiger partial charge in [0, 0.05) is 25.8 Å². The second-order valence-electron chi connectivity index (χ2n) is 5.30. The van der Waals surface area contributed by atoms with Crippen molar-refractivity contribution in [2.75, 3.05) is 26.2 Å². The summed E-state index contributed by atoms with van der Waals surface area (Å²) in [4.78, 5) is 29.8. The predicted molar refractivity (Wildman–Crippen MR) is 82.3 cm³/mol. The Morgan fingerprint density at radius 2 is 2.09 bits per heavy atom. The molecular formula is C16H23N3O3. The van der Waals surface area contributed by atoms with Gasteiger partial charge in [0.2, 0.25) is 5.91 Å². The number of carbonyl (C=O) groups excluding carboxylic acids is 2. The maximum absolute atomic E-state index is 12.0. The van der Waals surface area contributed by atoms with Crippen LogP contribution in [0.5, 0.6) is 0 Å². The number of carbonyl (C=O) groups is 2. The lowest BCUT2D eigenvalue weighted by Gasteiger charge is -2.26. The van der Waals surface area contributed by atoms with E-state index in [1.54, 1.807) is 25.3 Å². The number of rotatable bonds is 6. The van der Waals surface area contributed by atoms with Crippen LogP contribution in [0.25, 0.3) is 0 Å². The first-order valence-electron chi connectivity index (χ1n) is 7.81. The predicted octanol–water partition coefficient (Wildman–Crippen LogP) is 1.36. The van der Waals surface area contributed by atoms with Gasteiger partial charge in [-0.3, -0.25) is 9.78 Å². The summed E-state index contributed by atoms with van der Waals surface area (Å²) in [5, 5.41) is 3.09. The van der Waals surface area contributed by atoms with E-state index in [9.17, 15) is 9.59 Å². The Bertz CT molecular complexity index is 513. The summed E-state index contributed by atoms with van der Waals surface area (Å²) in [5.41, 5.74) is 1.20. The summed E-state index contributed by atoms with van der Waals surface area (Å²) in [6.45, 7) is 4.58. The monoisotopic (exact) mass is 305 g/mol. The van der Waals surface area contributed by atoms with Crippen LogP contribution >= 0.6 is 0 Å². The van der Waals surface area contributed by atoms with Gasteiger partial charge in [-0.25, -0.2) is 4.79 Å². The van der Waals surface area contributed by atoms with Gasteiger partial charge in [-0.15, -0.1) is 0 Å². The van der Waals surface area contributed by atoms with E-state index in [2.05, 4.69) is 10.3 Å². The van der Waals surface area contributed by atoms with E-state index in [0.29, 0.717) is 25.3 Å². The van der Waals surface area contributed by atoms with Gasteiger partial charge in [0.15, 0.2) is 0 Å². The minimum Gasteiger partial charge on any atom is -0.462 e. The average molecular weight is 305 g/mol. The zero-order chi connectivity index (χ0) is 15.8. The molecule has 0 saturated carbocycles. The maximum atomic E-state index is 12.0. The highest BCUT2D eigenvalue weighted by Crippen LogP contribution is 2.08. The number of aromatic nitrogens is 1. The highest BCUT2D eigenvalue weighted by molar-refractivity contribution is 5.89. The van der Waals surface area contributed by atoms with Crippen molar-refractivity contribution < 1.29 is 14.3 Å². The number of esters is 1. The van der Waals surface area contributed by atoms with Gasteiger partial charge in [0.1, 0.15) is 0 Å². The number of nitrogens with zero attached hydrogens (tertiary/aromatic N) is 2. The van der Waals surface area contributed by atoms with Crippen LogP contribution in [0, 0.1) is 0 Å². The lowest BCUT2D eigenvalue weighted by atomic mass is 10.1. The first kappa shape index (κ1) is 16.4. The molecule has 0 aliphatic carbocycles. The Labute approximate surface area is 130 Å². The molecule has 1 amide bonds. The van der Waals surface area contributed by atoms with Crippen LogP contribution in [-0.4, -0.2) is 48.0 Å².